The van der Waals surface area contributed by atoms with Gasteiger partial charge in [0.15, 0.2) is 0 Å². The van der Waals surface area contributed by atoms with Crippen molar-refractivity contribution in [2.75, 3.05) is 26.2 Å². The van der Waals surface area contributed by atoms with Crippen molar-refractivity contribution < 1.29 is 15.0 Å². The summed E-state index contributed by atoms with van der Waals surface area (Å²) in [6, 6.07) is 4.90. The van der Waals surface area contributed by atoms with Crippen LogP contribution in [0.15, 0.2) is 18.2 Å². The molecule has 0 saturated carbocycles. The van der Waals surface area contributed by atoms with Crippen molar-refractivity contribution in [2.24, 2.45) is 5.92 Å². The van der Waals surface area contributed by atoms with Gasteiger partial charge in [-0.2, -0.15) is 0 Å². The first-order chi connectivity index (χ1) is 10.5. The minimum absolute atomic E-state index is 0.0393. The third-order valence-corrected chi connectivity index (χ3v) is 4.24. The lowest BCUT2D eigenvalue weighted by Crippen LogP contribution is -2.43. The Morgan fingerprint density at radius 1 is 1.41 bits per heavy atom. The summed E-state index contributed by atoms with van der Waals surface area (Å²) in [7, 11) is 0. The normalized spacial score (nSPS) is 18.1. The highest BCUT2D eigenvalue weighted by molar-refractivity contribution is 5.96. The molecule has 2 rings (SSSR count). The van der Waals surface area contributed by atoms with E-state index in [-0.39, 0.29) is 23.8 Å². The number of β-amino-alcohol motifs (C(OH)–C–C–N with tert-alkyl or cyclic N) is 1. The van der Waals surface area contributed by atoms with Crippen LogP contribution >= 0.6 is 0 Å². The van der Waals surface area contributed by atoms with Gasteiger partial charge in [-0.1, -0.05) is 18.6 Å². The standard InChI is InChI=1S/C17H26N2O3/c1-12-5-7-19(8-6-12)11-14(20)10-18-17(22)15-9-13(2)3-4-16(15)21/h3-4,9,12,14,20-21H,5-8,10-11H2,1-2H3,(H,18,22). The quantitative estimate of drug-likeness (QED) is 0.771. The molecule has 3 N–H and O–H groups in total. The van der Waals surface area contributed by atoms with Crippen LogP contribution in [0.3, 0.4) is 0 Å². The number of aryl methyl sites for hydroxylation is 1. The second-order valence-electron chi connectivity index (χ2n) is 6.37. The van der Waals surface area contributed by atoms with Crippen molar-refractivity contribution in [3.63, 3.8) is 0 Å². The van der Waals surface area contributed by atoms with Crippen LogP contribution in [-0.2, 0) is 0 Å². The fourth-order valence-corrected chi connectivity index (χ4v) is 2.74. The van der Waals surface area contributed by atoms with Crippen molar-refractivity contribution >= 4 is 5.91 Å². The van der Waals surface area contributed by atoms with Gasteiger partial charge in [-0.25, -0.2) is 0 Å². The third kappa shape index (κ3) is 4.71. The summed E-state index contributed by atoms with van der Waals surface area (Å²) < 4.78 is 0. The number of nitrogens with zero attached hydrogens (tertiary/aromatic N) is 1. The number of hydrogen-bond donors (Lipinski definition) is 3. The number of aliphatic hydroxyl groups is 1. The van der Waals surface area contributed by atoms with E-state index >= 15 is 0 Å². The molecule has 0 aliphatic carbocycles. The Labute approximate surface area is 131 Å². The first-order valence-corrected chi connectivity index (χ1v) is 7.94. The molecule has 1 unspecified atom stereocenters. The topological polar surface area (TPSA) is 72.8 Å². The van der Waals surface area contributed by atoms with Crippen LogP contribution in [0.25, 0.3) is 0 Å². The number of phenols is 1. The molecule has 1 heterocycles. The molecule has 0 spiro atoms. The van der Waals surface area contributed by atoms with Crippen molar-refractivity contribution in [3.8, 4) is 5.75 Å². The summed E-state index contributed by atoms with van der Waals surface area (Å²) in [5, 5.41) is 22.5. The highest BCUT2D eigenvalue weighted by atomic mass is 16.3. The third-order valence-electron chi connectivity index (χ3n) is 4.24. The van der Waals surface area contributed by atoms with E-state index in [0.717, 1.165) is 37.4 Å². The number of hydrogen-bond acceptors (Lipinski definition) is 4. The number of rotatable bonds is 5. The van der Waals surface area contributed by atoms with E-state index in [9.17, 15) is 15.0 Å². The summed E-state index contributed by atoms with van der Waals surface area (Å²) in [6.45, 7) is 6.89. The molecule has 1 fully saturated rings. The van der Waals surface area contributed by atoms with E-state index in [1.807, 2.05) is 6.92 Å². The van der Waals surface area contributed by atoms with Crippen LogP contribution in [0.1, 0.15) is 35.7 Å². The van der Waals surface area contributed by atoms with Crippen molar-refractivity contribution in [1.29, 1.82) is 0 Å². The van der Waals surface area contributed by atoms with E-state index in [1.54, 1.807) is 12.1 Å². The number of benzene rings is 1. The van der Waals surface area contributed by atoms with Crippen LogP contribution < -0.4 is 5.32 Å². The van der Waals surface area contributed by atoms with Crippen LogP contribution in [0.2, 0.25) is 0 Å². The highest BCUT2D eigenvalue weighted by Gasteiger charge is 2.19. The molecular weight excluding hydrogens is 280 g/mol. The summed E-state index contributed by atoms with van der Waals surface area (Å²) in [5.41, 5.74) is 1.16. The fraction of sp³-hybridized carbons (Fsp3) is 0.588. The first-order valence-electron chi connectivity index (χ1n) is 7.94. The van der Waals surface area contributed by atoms with Gasteiger partial charge in [0, 0.05) is 13.1 Å². The number of aromatic hydroxyl groups is 1. The minimum Gasteiger partial charge on any atom is -0.507 e. The van der Waals surface area contributed by atoms with Crippen LogP contribution in [0.4, 0.5) is 0 Å². The van der Waals surface area contributed by atoms with E-state index < -0.39 is 6.10 Å². The Morgan fingerprint density at radius 2 is 2.09 bits per heavy atom. The molecule has 5 nitrogen and oxygen atoms in total. The predicted octanol–water partition coefficient (Wildman–Crippen LogP) is 1.52. The molecule has 1 aliphatic rings. The molecule has 0 radical (unpaired) electrons. The number of nitrogens with one attached hydrogen (secondary N) is 1. The summed E-state index contributed by atoms with van der Waals surface area (Å²) in [6.07, 6.45) is 1.73. The van der Waals surface area contributed by atoms with Gasteiger partial charge in [0.05, 0.1) is 11.7 Å². The average molecular weight is 306 g/mol. The Balaban J connectivity index is 1.79. The number of carbonyl (C=O) groups excluding carboxylic acids is 1. The molecule has 1 saturated heterocycles. The molecule has 5 heteroatoms. The van der Waals surface area contributed by atoms with Gasteiger partial charge in [-0.05, 0) is 50.9 Å². The predicted molar refractivity (Wildman–Crippen MR) is 86.0 cm³/mol. The van der Waals surface area contributed by atoms with Gasteiger partial charge < -0.3 is 20.4 Å². The van der Waals surface area contributed by atoms with Gasteiger partial charge >= 0.3 is 0 Å². The Bertz CT molecular complexity index is 511. The number of amides is 1. The summed E-state index contributed by atoms with van der Waals surface area (Å²) in [4.78, 5) is 14.3. The Morgan fingerprint density at radius 3 is 2.77 bits per heavy atom. The van der Waals surface area contributed by atoms with Crippen molar-refractivity contribution in [1.82, 2.24) is 10.2 Å². The van der Waals surface area contributed by atoms with E-state index in [4.69, 9.17) is 0 Å². The van der Waals surface area contributed by atoms with Gasteiger partial charge in [0.25, 0.3) is 5.91 Å². The number of piperidine rings is 1. The van der Waals surface area contributed by atoms with Crippen molar-refractivity contribution in [3.05, 3.63) is 29.3 Å². The molecule has 122 valence electrons. The molecular formula is C17H26N2O3. The van der Waals surface area contributed by atoms with Gasteiger partial charge in [-0.15, -0.1) is 0 Å². The maximum Gasteiger partial charge on any atom is 0.255 e. The first kappa shape index (κ1) is 16.8. The second kappa shape index (κ2) is 7.61. The molecule has 1 amide bonds. The van der Waals surface area contributed by atoms with Crippen LogP contribution in [0, 0.1) is 12.8 Å². The Hall–Kier alpha value is -1.59. The van der Waals surface area contributed by atoms with Gasteiger partial charge in [0.2, 0.25) is 0 Å². The van der Waals surface area contributed by atoms with Gasteiger partial charge in [0.1, 0.15) is 5.75 Å². The zero-order chi connectivity index (χ0) is 16.1. The van der Waals surface area contributed by atoms with Crippen LogP contribution in [-0.4, -0.2) is 53.3 Å². The maximum absolute atomic E-state index is 12.1. The average Bonchev–Trinajstić information content (AvgIpc) is 2.49. The molecule has 22 heavy (non-hydrogen) atoms. The lowest BCUT2D eigenvalue weighted by molar-refractivity contribution is 0.0794. The largest absolute Gasteiger partial charge is 0.507 e. The Kier molecular flexibility index (Phi) is 5.80. The molecule has 0 bridgehead atoms. The minimum atomic E-state index is -0.593. The lowest BCUT2D eigenvalue weighted by atomic mass is 9.99. The molecule has 1 aromatic carbocycles. The van der Waals surface area contributed by atoms with E-state index in [1.165, 1.54) is 6.07 Å². The zero-order valence-corrected chi connectivity index (χ0v) is 13.4. The zero-order valence-electron chi connectivity index (χ0n) is 13.4. The molecule has 0 aromatic heterocycles. The summed E-state index contributed by atoms with van der Waals surface area (Å²) in [5.74, 6) is 0.368. The highest BCUT2D eigenvalue weighted by Crippen LogP contribution is 2.18. The molecule has 1 aromatic rings. The van der Waals surface area contributed by atoms with E-state index in [2.05, 4.69) is 17.1 Å². The van der Waals surface area contributed by atoms with Gasteiger partial charge in [-0.3, -0.25) is 4.79 Å². The molecule has 1 aliphatic heterocycles. The van der Waals surface area contributed by atoms with Crippen LogP contribution in [0.5, 0.6) is 5.75 Å². The number of carbonyl (C=O) groups is 1. The SMILES string of the molecule is Cc1ccc(O)c(C(=O)NCC(O)CN2CCC(C)CC2)c1. The smallest absolute Gasteiger partial charge is 0.255 e. The lowest BCUT2D eigenvalue weighted by Gasteiger charge is -2.31. The van der Waals surface area contributed by atoms with E-state index in [0.29, 0.717) is 6.54 Å². The number of likely N-dealkylation sites (tertiary alicyclic amines) is 1. The summed E-state index contributed by atoms with van der Waals surface area (Å²) >= 11 is 0. The fourth-order valence-electron chi connectivity index (χ4n) is 2.74. The van der Waals surface area contributed by atoms with Crippen molar-refractivity contribution in [2.45, 2.75) is 32.8 Å². The monoisotopic (exact) mass is 306 g/mol. The molecule has 1 atom stereocenters. The second-order valence-corrected chi connectivity index (χ2v) is 6.37. The number of phenolic OH excluding ortho intramolecular Hbond substituents is 1. The number of aliphatic hydroxyl groups excluding tert-OH is 1. The maximum atomic E-state index is 12.1.